The first-order chi connectivity index (χ1) is 6.10. The summed E-state index contributed by atoms with van der Waals surface area (Å²) >= 11 is 0. The molecule has 3 heteroatoms. The van der Waals surface area contributed by atoms with E-state index < -0.39 is 0 Å². The maximum absolute atomic E-state index is 11.7. The molecule has 0 aliphatic rings. The van der Waals surface area contributed by atoms with E-state index in [1.807, 2.05) is 13.8 Å². The summed E-state index contributed by atoms with van der Waals surface area (Å²) < 4.78 is 5.07. The van der Waals surface area contributed by atoms with Crippen molar-refractivity contribution in [2.75, 3.05) is 20.3 Å². The quantitative estimate of drug-likeness (QED) is 0.685. The van der Waals surface area contributed by atoms with Gasteiger partial charge in [0.15, 0.2) is 0 Å². The Morgan fingerprint density at radius 3 is 2.46 bits per heavy atom. The molecule has 1 unspecified atom stereocenters. The van der Waals surface area contributed by atoms with Crippen LogP contribution < -0.4 is 5.32 Å². The zero-order chi connectivity index (χ0) is 10.3. The van der Waals surface area contributed by atoms with Crippen LogP contribution in [0.1, 0.15) is 33.6 Å². The van der Waals surface area contributed by atoms with Crippen molar-refractivity contribution in [1.29, 1.82) is 0 Å². The lowest BCUT2D eigenvalue weighted by atomic mass is 9.85. The van der Waals surface area contributed by atoms with Gasteiger partial charge in [0.25, 0.3) is 0 Å². The van der Waals surface area contributed by atoms with Gasteiger partial charge >= 0.3 is 0 Å². The lowest BCUT2D eigenvalue weighted by Gasteiger charge is -2.26. The van der Waals surface area contributed by atoms with Crippen molar-refractivity contribution in [2.24, 2.45) is 5.41 Å². The van der Waals surface area contributed by atoms with Gasteiger partial charge in [-0.25, -0.2) is 0 Å². The molecule has 0 aromatic carbocycles. The minimum atomic E-state index is -0.362. The summed E-state index contributed by atoms with van der Waals surface area (Å²) in [6, 6.07) is 0. The molecule has 0 heterocycles. The van der Waals surface area contributed by atoms with E-state index >= 15 is 0 Å². The Morgan fingerprint density at radius 1 is 1.46 bits per heavy atom. The maximum Gasteiger partial charge on any atom is 0.228 e. The van der Waals surface area contributed by atoms with Gasteiger partial charge in [0.2, 0.25) is 5.91 Å². The highest BCUT2D eigenvalue weighted by molar-refractivity contribution is 5.82. The maximum atomic E-state index is 11.7. The zero-order valence-electron chi connectivity index (χ0n) is 9.14. The molecule has 0 spiro atoms. The van der Waals surface area contributed by atoms with Crippen LogP contribution in [0.15, 0.2) is 0 Å². The van der Waals surface area contributed by atoms with Gasteiger partial charge in [-0.1, -0.05) is 13.3 Å². The van der Waals surface area contributed by atoms with Gasteiger partial charge in [0.05, 0.1) is 12.0 Å². The number of carbonyl (C=O) groups is 1. The van der Waals surface area contributed by atoms with Crippen molar-refractivity contribution >= 4 is 5.91 Å². The second kappa shape index (κ2) is 5.97. The SMILES string of the molecule is CCCC(C)(COC)C(=O)NCC. The summed E-state index contributed by atoms with van der Waals surface area (Å²) in [5, 5.41) is 2.84. The van der Waals surface area contributed by atoms with Gasteiger partial charge in [-0.05, 0) is 20.3 Å². The van der Waals surface area contributed by atoms with E-state index in [9.17, 15) is 4.79 Å². The summed E-state index contributed by atoms with van der Waals surface area (Å²) in [7, 11) is 1.63. The molecule has 3 nitrogen and oxygen atoms in total. The van der Waals surface area contributed by atoms with Crippen LogP contribution in [-0.2, 0) is 9.53 Å². The van der Waals surface area contributed by atoms with Crippen LogP contribution in [0.4, 0.5) is 0 Å². The van der Waals surface area contributed by atoms with Crippen LogP contribution >= 0.6 is 0 Å². The molecule has 0 bridgehead atoms. The summed E-state index contributed by atoms with van der Waals surface area (Å²) in [5.74, 6) is 0.0960. The Bertz CT molecular complexity index is 151. The number of ether oxygens (including phenoxy) is 1. The molecule has 1 atom stereocenters. The van der Waals surface area contributed by atoms with Crippen molar-refractivity contribution in [2.45, 2.75) is 33.6 Å². The Labute approximate surface area is 80.8 Å². The first kappa shape index (κ1) is 12.4. The van der Waals surface area contributed by atoms with Crippen molar-refractivity contribution < 1.29 is 9.53 Å². The number of amides is 1. The third-order valence-corrected chi connectivity index (χ3v) is 2.15. The zero-order valence-corrected chi connectivity index (χ0v) is 9.14. The number of nitrogens with one attached hydrogen (secondary N) is 1. The summed E-state index contributed by atoms with van der Waals surface area (Å²) in [6.45, 7) is 7.13. The molecule has 0 aliphatic heterocycles. The number of carbonyl (C=O) groups excluding carboxylic acids is 1. The van der Waals surface area contributed by atoms with E-state index in [0.717, 1.165) is 12.8 Å². The predicted octanol–water partition coefficient (Wildman–Crippen LogP) is 1.58. The molecule has 0 saturated carbocycles. The van der Waals surface area contributed by atoms with E-state index in [-0.39, 0.29) is 11.3 Å². The Hall–Kier alpha value is -0.570. The normalized spacial score (nSPS) is 15.1. The molecular weight excluding hydrogens is 166 g/mol. The van der Waals surface area contributed by atoms with Gasteiger partial charge in [-0.2, -0.15) is 0 Å². The first-order valence-corrected chi connectivity index (χ1v) is 4.88. The van der Waals surface area contributed by atoms with E-state index in [0.29, 0.717) is 13.2 Å². The fraction of sp³-hybridized carbons (Fsp3) is 0.900. The topological polar surface area (TPSA) is 38.3 Å². The van der Waals surface area contributed by atoms with Crippen LogP contribution in [0.25, 0.3) is 0 Å². The average Bonchev–Trinajstić information content (AvgIpc) is 2.05. The van der Waals surface area contributed by atoms with E-state index in [2.05, 4.69) is 12.2 Å². The van der Waals surface area contributed by atoms with Crippen molar-refractivity contribution in [3.05, 3.63) is 0 Å². The van der Waals surface area contributed by atoms with Crippen molar-refractivity contribution in [1.82, 2.24) is 5.32 Å². The Balaban J connectivity index is 4.27. The fourth-order valence-corrected chi connectivity index (χ4v) is 1.50. The number of hydrogen-bond donors (Lipinski definition) is 1. The second-order valence-electron chi connectivity index (χ2n) is 3.60. The van der Waals surface area contributed by atoms with Gasteiger partial charge in [-0.3, -0.25) is 4.79 Å². The predicted molar refractivity (Wildman–Crippen MR) is 53.6 cm³/mol. The molecule has 0 aromatic heterocycles. The van der Waals surface area contributed by atoms with Gasteiger partial charge in [0.1, 0.15) is 0 Å². The highest BCUT2D eigenvalue weighted by Crippen LogP contribution is 2.23. The molecule has 78 valence electrons. The molecule has 0 radical (unpaired) electrons. The molecular formula is C10H21NO2. The molecule has 0 aliphatic carbocycles. The smallest absolute Gasteiger partial charge is 0.228 e. The first-order valence-electron chi connectivity index (χ1n) is 4.88. The highest BCUT2D eigenvalue weighted by atomic mass is 16.5. The summed E-state index contributed by atoms with van der Waals surface area (Å²) in [6.07, 6.45) is 1.86. The van der Waals surface area contributed by atoms with Crippen LogP contribution in [0.5, 0.6) is 0 Å². The van der Waals surface area contributed by atoms with E-state index in [1.54, 1.807) is 7.11 Å². The van der Waals surface area contributed by atoms with Crippen molar-refractivity contribution in [3.8, 4) is 0 Å². The second-order valence-corrected chi connectivity index (χ2v) is 3.60. The molecule has 0 rings (SSSR count). The largest absolute Gasteiger partial charge is 0.384 e. The minimum absolute atomic E-state index is 0.0960. The van der Waals surface area contributed by atoms with Crippen molar-refractivity contribution in [3.63, 3.8) is 0 Å². The van der Waals surface area contributed by atoms with Gasteiger partial charge < -0.3 is 10.1 Å². The molecule has 1 N–H and O–H groups in total. The standard InChI is InChI=1S/C10H21NO2/c1-5-7-10(3,8-13-4)9(12)11-6-2/h5-8H2,1-4H3,(H,11,12). The van der Waals surface area contributed by atoms with Gasteiger partial charge in [-0.15, -0.1) is 0 Å². The minimum Gasteiger partial charge on any atom is -0.384 e. The molecule has 13 heavy (non-hydrogen) atoms. The molecule has 1 amide bonds. The number of hydrogen-bond acceptors (Lipinski definition) is 2. The fourth-order valence-electron chi connectivity index (χ4n) is 1.50. The lowest BCUT2D eigenvalue weighted by molar-refractivity contribution is -0.133. The van der Waals surface area contributed by atoms with Crippen LogP contribution in [0.2, 0.25) is 0 Å². The third kappa shape index (κ3) is 3.77. The average molecular weight is 187 g/mol. The third-order valence-electron chi connectivity index (χ3n) is 2.15. The number of methoxy groups -OCH3 is 1. The van der Waals surface area contributed by atoms with Crippen LogP contribution in [0, 0.1) is 5.41 Å². The van der Waals surface area contributed by atoms with Gasteiger partial charge in [0, 0.05) is 13.7 Å². The number of rotatable bonds is 6. The molecule has 0 aromatic rings. The highest BCUT2D eigenvalue weighted by Gasteiger charge is 2.31. The van der Waals surface area contributed by atoms with E-state index in [4.69, 9.17) is 4.74 Å². The molecule has 0 saturated heterocycles. The van der Waals surface area contributed by atoms with Crippen LogP contribution in [0.3, 0.4) is 0 Å². The van der Waals surface area contributed by atoms with Crippen LogP contribution in [-0.4, -0.2) is 26.2 Å². The summed E-state index contributed by atoms with van der Waals surface area (Å²) in [4.78, 5) is 11.7. The monoisotopic (exact) mass is 187 g/mol. The summed E-state index contributed by atoms with van der Waals surface area (Å²) in [5.41, 5.74) is -0.362. The van der Waals surface area contributed by atoms with E-state index in [1.165, 1.54) is 0 Å². The lowest BCUT2D eigenvalue weighted by Crippen LogP contribution is -2.41. The molecule has 0 fully saturated rings. The Morgan fingerprint density at radius 2 is 2.08 bits per heavy atom. The Kier molecular flexibility index (Phi) is 5.71.